The van der Waals surface area contributed by atoms with Crippen molar-refractivity contribution in [2.24, 2.45) is 11.3 Å². The number of aryl methyl sites for hydroxylation is 1. The molecule has 2 aliphatic rings. The second-order valence-corrected chi connectivity index (χ2v) is 15.3. The van der Waals surface area contributed by atoms with Gasteiger partial charge in [-0.25, -0.2) is 24.2 Å². The Morgan fingerprint density at radius 2 is 1.88 bits per heavy atom. The molecule has 1 aliphatic carbocycles. The number of amides is 2. The summed E-state index contributed by atoms with van der Waals surface area (Å²) in [6.45, 7) is 4.29. The molecule has 1 saturated heterocycles. The van der Waals surface area contributed by atoms with Crippen LogP contribution < -0.4 is 9.46 Å². The summed E-state index contributed by atoms with van der Waals surface area (Å²) in [4.78, 5) is 33.9. The summed E-state index contributed by atoms with van der Waals surface area (Å²) in [5.74, 6) is -0.431. The van der Waals surface area contributed by atoms with Gasteiger partial charge in [-0.2, -0.15) is 21.6 Å². The molecule has 0 bridgehead atoms. The standard InChI is InChI=1S/C32H38ClF3N6O6S/c1-30(2)18-22(20-41(30)29(44)45)7-5-3-4-6-21-8-11-26(37-19-21)49(46,47)40-28(43)23-9-10-24(38-27(23)33)42-16-12-25(39-42)48-17-15-31(13-14-31)32(34,35)36/h8-12,16,19,22H,3-7,13-15,17-18,20H2,1-2H3,(H,40,43)(H,44,45). The highest BCUT2D eigenvalue weighted by atomic mass is 35.5. The first-order valence-electron chi connectivity index (χ1n) is 15.9. The van der Waals surface area contributed by atoms with Crippen LogP contribution in [0.3, 0.4) is 0 Å². The Bertz CT molecular complexity index is 1780. The number of alkyl halides is 3. The van der Waals surface area contributed by atoms with E-state index < -0.39 is 33.6 Å². The van der Waals surface area contributed by atoms with Gasteiger partial charge in [0.25, 0.3) is 15.9 Å². The van der Waals surface area contributed by atoms with Crippen LogP contribution in [-0.4, -0.2) is 75.0 Å². The molecule has 1 aliphatic heterocycles. The second kappa shape index (κ2) is 14.1. The summed E-state index contributed by atoms with van der Waals surface area (Å²) in [6, 6.07) is 7.05. The van der Waals surface area contributed by atoms with Crippen LogP contribution >= 0.6 is 11.6 Å². The normalized spacial score (nSPS) is 18.3. The van der Waals surface area contributed by atoms with E-state index in [0.29, 0.717) is 18.9 Å². The number of carboxylic acid groups (broad SMARTS) is 1. The quantitative estimate of drug-likeness (QED) is 0.141. The van der Waals surface area contributed by atoms with Crippen LogP contribution in [0.5, 0.6) is 5.88 Å². The predicted molar refractivity (Wildman–Crippen MR) is 172 cm³/mol. The van der Waals surface area contributed by atoms with E-state index in [-0.39, 0.29) is 58.8 Å². The average Bonchev–Trinajstić information content (AvgIpc) is 3.56. The number of unbranched alkanes of at least 4 members (excludes halogenated alkanes) is 2. The molecule has 1 unspecified atom stereocenters. The van der Waals surface area contributed by atoms with Crippen LogP contribution in [0, 0.1) is 11.3 Å². The van der Waals surface area contributed by atoms with Gasteiger partial charge in [-0.3, -0.25) is 4.79 Å². The fraction of sp³-hybridized carbons (Fsp3) is 0.531. The van der Waals surface area contributed by atoms with Crippen LogP contribution in [0.25, 0.3) is 5.82 Å². The van der Waals surface area contributed by atoms with Gasteiger partial charge < -0.3 is 14.7 Å². The van der Waals surface area contributed by atoms with Crippen molar-refractivity contribution in [1.82, 2.24) is 29.4 Å². The molecule has 266 valence electrons. The van der Waals surface area contributed by atoms with E-state index in [4.69, 9.17) is 16.3 Å². The number of ether oxygens (including phenoxy) is 1. The highest BCUT2D eigenvalue weighted by molar-refractivity contribution is 7.90. The van der Waals surface area contributed by atoms with Crippen molar-refractivity contribution in [3.05, 3.63) is 59.0 Å². The van der Waals surface area contributed by atoms with E-state index >= 15 is 0 Å². The van der Waals surface area contributed by atoms with Gasteiger partial charge >= 0.3 is 12.3 Å². The lowest BCUT2D eigenvalue weighted by molar-refractivity contribution is -0.190. The number of likely N-dealkylation sites (tertiary alicyclic amines) is 1. The lowest BCUT2D eigenvalue weighted by Crippen LogP contribution is -2.41. The molecule has 3 aromatic heterocycles. The van der Waals surface area contributed by atoms with Crippen molar-refractivity contribution in [3.8, 4) is 11.7 Å². The first-order valence-corrected chi connectivity index (χ1v) is 17.8. The van der Waals surface area contributed by atoms with E-state index in [1.807, 2.05) is 18.6 Å². The number of nitrogens with zero attached hydrogens (tertiary/aromatic N) is 5. The zero-order valence-corrected chi connectivity index (χ0v) is 28.6. The van der Waals surface area contributed by atoms with Crippen LogP contribution in [0.2, 0.25) is 5.15 Å². The third-order valence-electron chi connectivity index (χ3n) is 9.23. The van der Waals surface area contributed by atoms with Crippen molar-refractivity contribution in [3.63, 3.8) is 0 Å². The monoisotopic (exact) mass is 726 g/mol. The van der Waals surface area contributed by atoms with Gasteiger partial charge in [0.1, 0.15) is 5.15 Å². The van der Waals surface area contributed by atoms with Gasteiger partial charge in [0, 0.05) is 30.5 Å². The first kappa shape index (κ1) is 36.4. The second-order valence-electron chi connectivity index (χ2n) is 13.3. The van der Waals surface area contributed by atoms with Crippen molar-refractivity contribution < 1.29 is 41.0 Å². The molecule has 3 aromatic rings. The molecule has 1 atom stereocenters. The van der Waals surface area contributed by atoms with Gasteiger partial charge in [-0.05, 0) is 88.5 Å². The zero-order valence-electron chi connectivity index (χ0n) is 27.0. The van der Waals surface area contributed by atoms with Gasteiger partial charge in [0.2, 0.25) is 5.88 Å². The molecular formula is C32H38ClF3N6O6S. The van der Waals surface area contributed by atoms with Crippen LogP contribution in [0.15, 0.2) is 47.8 Å². The van der Waals surface area contributed by atoms with Crippen LogP contribution in [0.1, 0.15) is 81.1 Å². The lowest BCUT2D eigenvalue weighted by Gasteiger charge is -2.28. The highest BCUT2D eigenvalue weighted by Crippen LogP contribution is 2.59. The molecular weight excluding hydrogens is 689 g/mol. The van der Waals surface area contributed by atoms with Crippen molar-refractivity contribution in [2.45, 2.75) is 88.4 Å². The Morgan fingerprint density at radius 1 is 1.12 bits per heavy atom. The summed E-state index contributed by atoms with van der Waals surface area (Å²) in [6.07, 6.45) is 3.00. The molecule has 2 N–H and O–H groups in total. The summed E-state index contributed by atoms with van der Waals surface area (Å²) in [7, 11) is -4.33. The molecule has 0 spiro atoms. The molecule has 5 rings (SSSR count). The summed E-state index contributed by atoms with van der Waals surface area (Å²) < 4.78 is 73.7. The van der Waals surface area contributed by atoms with Gasteiger partial charge in [0.05, 0.1) is 17.6 Å². The number of carbonyl (C=O) groups excluding carboxylic acids is 1. The van der Waals surface area contributed by atoms with Gasteiger partial charge in [0.15, 0.2) is 10.8 Å². The molecule has 12 nitrogen and oxygen atoms in total. The minimum Gasteiger partial charge on any atom is -0.477 e. The molecule has 4 heterocycles. The third-order valence-corrected chi connectivity index (χ3v) is 10.8. The van der Waals surface area contributed by atoms with Crippen molar-refractivity contribution in [2.75, 3.05) is 13.2 Å². The fourth-order valence-electron chi connectivity index (χ4n) is 6.21. The molecule has 2 fully saturated rings. The number of hydrogen-bond donors (Lipinski definition) is 2. The van der Waals surface area contributed by atoms with E-state index in [0.717, 1.165) is 37.7 Å². The van der Waals surface area contributed by atoms with Crippen LogP contribution in [0.4, 0.5) is 18.0 Å². The smallest absolute Gasteiger partial charge is 0.407 e. The number of sulfonamides is 1. The Morgan fingerprint density at radius 3 is 2.49 bits per heavy atom. The number of pyridine rings is 2. The Labute approximate surface area is 287 Å². The number of carbonyl (C=O) groups is 2. The number of hydrogen-bond acceptors (Lipinski definition) is 8. The zero-order chi connectivity index (χ0) is 35.6. The summed E-state index contributed by atoms with van der Waals surface area (Å²) in [5.41, 5.74) is -1.41. The van der Waals surface area contributed by atoms with Gasteiger partial charge in [-0.1, -0.05) is 30.5 Å². The average molecular weight is 727 g/mol. The van der Waals surface area contributed by atoms with E-state index in [2.05, 4.69) is 15.1 Å². The van der Waals surface area contributed by atoms with E-state index in [1.54, 1.807) is 6.07 Å². The number of halogens is 4. The minimum absolute atomic E-state index is 0.0845. The van der Waals surface area contributed by atoms with Crippen LogP contribution in [-0.2, 0) is 16.4 Å². The topological polar surface area (TPSA) is 157 Å². The number of rotatable bonds is 14. The maximum atomic E-state index is 13.1. The van der Waals surface area contributed by atoms with E-state index in [1.165, 1.54) is 46.2 Å². The third kappa shape index (κ3) is 8.63. The summed E-state index contributed by atoms with van der Waals surface area (Å²) >= 11 is 6.21. The lowest BCUT2D eigenvalue weighted by atomic mass is 9.92. The molecule has 2 amide bonds. The maximum absolute atomic E-state index is 13.1. The SMILES string of the molecule is CC1(C)CC(CCCCCc2ccc(S(=O)(=O)NC(=O)c3ccc(-n4ccc(OCCC5(C(F)(F)F)CC5)n4)nc3Cl)nc2)CN1C(=O)O. The van der Waals surface area contributed by atoms with E-state index in [9.17, 15) is 36.3 Å². The Hall–Kier alpha value is -3.92. The minimum atomic E-state index is -4.33. The van der Waals surface area contributed by atoms with Crippen molar-refractivity contribution >= 4 is 33.6 Å². The Balaban J connectivity index is 1.08. The Kier molecular flexibility index (Phi) is 10.5. The first-order chi connectivity index (χ1) is 23.0. The fourth-order valence-corrected chi connectivity index (χ4v) is 7.35. The highest BCUT2D eigenvalue weighted by Gasteiger charge is 2.62. The summed E-state index contributed by atoms with van der Waals surface area (Å²) in [5, 5.41) is 12.9. The number of nitrogens with one attached hydrogen (secondary N) is 1. The van der Waals surface area contributed by atoms with Crippen molar-refractivity contribution in [1.29, 1.82) is 0 Å². The largest absolute Gasteiger partial charge is 0.477 e. The number of aromatic nitrogens is 4. The molecule has 0 aromatic carbocycles. The molecule has 49 heavy (non-hydrogen) atoms. The molecule has 0 radical (unpaired) electrons. The predicted octanol–water partition coefficient (Wildman–Crippen LogP) is 6.43. The van der Waals surface area contributed by atoms with Gasteiger partial charge in [-0.15, -0.1) is 5.10 Å². The molecule has 1 saturated carbocycles. The maximum Gasteiger partial charge on any atom is 0.407 e. The molecule has 17 heteroatoms.